The van der Waals surface area contributed by atoms with Crippen molar-refractivity contribution in [1.82, 2.24) is 24.9 Å². The molecule has 0 unspecified atom stereocenters. The summed E-state index contributed by atoms with van der Waals surface area (Å²) in [5, 5.41) is 19.8. The van der Waals surface area contributed by atoms with Gasteiger partial charge >= 0.3 is 12.1 Å². The minimum atomic E-state index is -5.08. The zero-order valence-corrected chi connectivity index (χ0v) is 18.5. The number of hydrogen-bond acceptors (Lipinski definition) is 6. The molecule has 1 aliphatic heterocycles. The summed E-state index contributed by atoms with van der Waals surface area (Å²) in [6, 6.07) is 3.96. The SMILES string of the molecule is Cc1cncc(C(=O)N2CCC(Cn3cc(-c4ccsc4)nn3)CC2)c1.O=C(O)C(F)(F)F. The van der Waals surface area contributed by atoms with Gasteiger partial charge in [-0.3, -0.25) is 14.5 Å². The van der Waals surface area contributed by atoms with Gasteiger partial charge in [-0.25, -0.2) is 4.79 Å². The van der Waals surface area contributed by atoms with Gasteiger partial charge in [-0.2, -0.15) is 24.5 Å². The third-order valence-electron chi connectivity index (χ3n) is 5.07. The summed E-state index contributed by atoms with van der Waals surface area (Å²) in [6.07, 6.45) is 2.32. The van der Waals surface area contributed by atoms with Crippen LogP contribution < -0.4 is 0 Å². The first-order chi connectivity index (χ1) is 15.6. The highest BCUT2D eigenvalue weighted by Crippen LogP contribution is 2.23. The van der Waals surface area contributed by atoms with Crippen LogP contribution in [0.15, 0.2) is 41.5 Å². The van der Waals surface area contributed by atoms with Crippen molar-refractivity contribution in [2.45, 2.75) is 32.5 Å². The van der Waals surface area contributed by atoms with Crippen LogP contribution in [-0.4, -0.2) is 61.1 Å². The molecule has 3 aromatic rings. The molecule has 0 bridgehead atoms. The van der Waals surface area contributed by atoms with Crippen LogP contribution in [-0.2, 0) is 11.3 Å². The second-order valence-electron chi connectivity index (χ2n) is 7.63. The lowest BCUT2D eigenvalue weighted by molar-refractivity contribution is -0.192. The zero-order valence-electron chi connectivity index (χ0n) is 17.7. The number of piperidine rings is 1. The number of carboxylic acid groups (broad SMARTS) is 1. The summed E-state index contributed by atoms with van der Waals surface area (Å²) < 4.78 is 33.7. The molecule has 176 valence electrons. The number of carbonyl (C=O) groups excluding carboxylic acids is 1. The molecule has 4 rings (SSSR count). The normalized spacial score (nSPS) is 14.5. The van der Waals surface area contributed by atoms with Crippen LogP contribution in [0.4, 0.5) is 13.2 Å². The minimum absolute atomic E-state index is 0.0835. The minimum Gasteiger partial charge on any atom is -0.475 e. The van der Waals surface area contributed by atoms with E-state index in [1.165, 1.54) is 0 Å². The Morgan fingerprint density at radius 1 is 1.24 bits per heavy atom. The van der Waals surface area contributed by atoms with Gasteiger partial charge in [0, 0.05) is 43.0 Å². The van der Waals surface area contributed by atoms with E-state index in [1.807, 2.05) is 34.1 Å². The molecule has 0 spiro atoms. The molecular formula is C21H22F3N5O3S. The van der Waals surface area contributed by atoms with Crippen LogP contribution in [0.2, 0.25) is 0 Å². The van der Waals surface area contributed by atoms with Crippen molar-refractivity contribution < 1.29 is 27.9 Å². The highest BCUT2D eigenvalue weighted by Gasteiger charge is 2.38. The fourth-order valence-electron chi connectivity index (χ4n) is 3.37. The maximum atomic E-state index is 12.6. The number of nitrogens with zero attached hydrogens (tertiary/aromatic N) is 5. The van der Waals surface area contributed by atoms with Crippen LogP contribution >= 0.6 is 11.3 Å². The van der Waals surface area contributed by atoms with Crippen molar-refractivity contribution in [1.29, 1.82) is 0 Å². The van der Waals surface area contributed by atoms with E-state index in [-0.39, 0.29) is 5.91 Å². The number of pyridine rings is 1. The average molecular weight is 482 g/mol. The number of halogens is 3. The number of alkyl halides is 3. The Kier molecular flexibility index (Phi) is 7.79. The Morgan fingerprint density at radius 2 is 1.94 bits per heavy atom. The smallest absolute Gasteiger partial charge is 0.475 e. The standard InChI is InChI=1S/C19H21N5OS.C2HF3O2/c1-14-8-17(10-20-9-14)19(25)23-5-2-15(3-6-23)11-24-12-18(21-22-24)16-4-7-26-13-16;3-2(4,5)1(6)7/h4,7-10,12-13,15H,2-3,5-6,11H2,1H3;(H,6,7). The summed E-state index contributed by atoms with van der Waals surface area (Å²) in [5.41, 5.74) is 3.73. The van der Waals surface area contributed by atoms with Crippen LogP contribution in [0.3, 0.4) is 0 Å². The Morgan fingerprint density at radius 3 is 2.52 bits per heavy atom. The number of hydrogen-bond donors (Lipinski definition) is 1. The van der Waals surface area contributed by atoms with Crippen molar-refractivity contribution in [3.05, 3.63) is 52.6 Å². The van der Waals surface area contributed by atoms with Crippen LogP contribution in [0, 0.1) is 12.8 Å². The molecule has 1 amide bonds. The van der Waals surface area contributed by atoms with Gasteiger partial charge in [-0.1, -0.05) is 5.21 Å². The predicted octanol–water partition coefficient (Wildman–Crippen LogP) is 3.90. The van der Waals surface area contributed by atoms with Gasteiger partial charge < -0.3 is 10.0 Å². The van der Waals surface area contributed by atoms with Gasteiger partial charge in [0.1, 0.15) is 5.69 Å². The molecule has 1 aliphatic rings. The highest BCUT2D eigenvalue weighted by atomic mass is 32.1. The average Bonchev–Trinajstić information content (AvgIpc) is 3.46. The van der Waals surface area contributed by atoms with E-state index in [1.54, 1.807) is 23.7 Å². The molecule has 8 nitrogen and oxygen atoms in total. The lowest BCUT2D eigenvalue weighted by Gasteiger charge is -2.31. The third kappa shape index (κ3) is 6.85. The molecule has 0 radical (unpaired) electrons. The van der Waals surface area contributed by atoms with Crippen LogP contribution in [0.5, 0.6) is 0 Å². The van der Waals surface area contributed by atoms with E-state index in [0.29, 0.717) is 11.5 Å². The zero-order chi connectivity index (χ0) is 24.0. The predicted molar refractivity (Wildman–Crippen MR) is 115 cm³/mol. The number of aromatic nitrogens is 4. The number of carbonyl (C=O) groups is 2. The van der Waals surface area contributed by atoms with Gasteiger partial charge in [0.05, 0.1) is 11.8 Å². The molecular weight excluding hydrogens is 459 g/mol. The van der Waals surface area contributed by atoms with E-state index >= 15 is 0 Å². The number of carboxylic acids is 1. The van der Waals surface area contributed by atoms with Crippen LogP contribution in [0.25, 0.3) is 11.3 Å². The monoisotopic (exact) mass is 481 g/mol. The highest BCUT2D eigenvalue weighted by molar-refractivity contribution is 7.08. The second-order valence-corrected chi connectivity index (χ2v) is 8.41. The largest absolute Gasteiger partial charge is 0.490 e. The quantitative estimate of drug-likeness (QED) is 0.607. The van der Waals surface area contributed by atoms with Gasteiger partial charge in [0.15, 0.2) is 0 Å². The molecule has 0 atom stereocenters. The summed E-state index contributed by atoms with van der Waals surface area (Å²) in [4.78, 5) is 27.6. The molecule has 1 saturated heterocycles. The molecule has 4 heterocycles. The topological polar surface area (TPSA) is 101 Å². The molecule has 1 fully saturated rings. The van der Waals surface area contributed by atoms with E-state index in [4.69, 9.17) is 9.90 Å². The fourth-order valence-corrected chi connectivity index (χ4v) is 4.02. The first-order valence-electron chi connectivity index (χ1n) is 10.1. The fraction of sp³-hybridized carbons (Fsp3) is 0.381. The Balaban J connectivity index is 0.000000383. The van der Waals surface area contributed by atoms with E-state index < -0.39 is 12.1 Å². The summed E-state index contributed by atoms with van der Waals surface area (Å²) >= 11 is 1.66. The summed E-state index contributed by atoms with van der Waals surface area (Å²) in [5.74, 6) is -2.15. The third-order valence-corrected chi connectivity index (χ3v) is 5.75. The Labute approximate surface area is 191 Å². The molecule has 1 N–H and O–H groups in total. The lowest BCUT2D eigenvalue weighted by Crippen LogP contribution is -2.39. The second kappa shape index (κ2) is 10.6. The van der Waals surface area contributed by atoms with Crippen molar-refractivity contribution in [3.63, 3.8) is 0 Å². The number of amides is 1. The lowest BCUT2D eigenvalue weighted by atomic mass is 9.96. The van der Waals surface area contributed by atoms with Crippen molar-refractivity contribution in [3.8, 4) is 11.3 Å². The van der Waals surface area contributed by atoms with Crippen LogP contribution in [0.1, 0.15) is 28.8 Å². The molecule has 0 aliphatic carbocycles. The number of aryl methyl sites for hydroxylation is 1. The first kappa shape index (κ1) is 24.4. The molecule has 0 saturated carbocycles. The molecule has 0 aromatic carbocycles. The van der Waals surface area contributed by atoms with E-state index in [9.17, 15) is 18.0 Å². The van der Waals surface area contributed by atoms with Gasteiger partial charge in [0.2, 0.25) is 0 Å². The maximum absolute atomic E-state index is 12.6. The maximum Gasteiger partial charge on any atom is 0.490 e. The van der Waals surface area contributed by atoms with E-state index in [0.717, 1.165) is 49.3 Å². The Bertz CT molecular complexity index is 1080. The van der Waals surface area contributed by atoms with Crippen molar-refractivity contribution >= 4 is 23.2 Å². The Hall–Kier alpha value is -3.28. The molecule has 12 heteroatoms. The summed E-state index contributed by atoms with van der Waals surface area (Å²) in [6.45, 7) is 4.37. The van der Waals surface area contributed by atoms with Gasteiger partial charge in [-0.15, -0.1) is 5.10 Å². The molecule has 33 heavy (non-hydrogen) atoms. The number of likely N-dealkylation sites (tertiary alicyclic amines) is 1. The molecule has 3 aromatic heterocycles. The van der Waals surface area contributed by atoms with Gasteiger partial charge in [-0.05, 0) is 48.8 Å². The number of thiophene rings is 1. The summed E-state index contributed by atoms with van der Waals surface area (Å²) in [7, 11) is 0. The first-order valence-corrected chi connectivity index (χ1v) is 11.0. The van der Waals surface area contributed by atoms with Gasteiger partial charge in [0.25, 0.3) is 5.91 Å². The van der Waals surface area contributed by atoms with E-state index in [2.05, 4.69) is 26.7 Å². The number of aliphatic carboxylic acids is 1. The van der Waals surface area contributed by atoms with Crippen molar-refractivity contribution in [2.75, 3.05) is 13.1 Å². The van der Waals surface area contributed by atoms with Crippen molar-refractivity contribution in [2.24, 2.45) is 5.92 Å². The number of rotatable bonds is 4.